The second-order valence-corrected chi connectivity index (χ2v) is 12.6. The fraction of sp³-hybridized carbons (Fsp3) is 0.576. The minimum Gasteiger partial charge on any atom is -0.496 e. The summed E-state index contributed by atoms with van der Waals surface area (Å²) < 4.78 is 17.6. The molecule has 0 unspecified atom stereocenters. The van der Waals surface area contributed by atoms with Gasteiger partial charge >= 0.3 is 5.97 Å². The quantitative estimate of drug-likeness (QED) is 0.248. The molecule has 42 heavy (non-hydrogen) atoms. The van der Waals surface area contributed by atoms with E-state index in [4.69, 9.17) is 14.2 Å². The molecule has 0 saturated carbocycles. The topological polar surface area (TPSA) is 88.5 Å². The van der Waals surface area contributed by atoms with Crippen LogP contribution in [0.1, 0.15) is 49.7 Å². The summed E-state index contributed by atoms with van der Waals surface area (Å²) in [6.45, 7) is 5.44. The number of hydrogen-bond donors (Lipinski definition) is 1. The van der Waals surface area contributed by atoms with E-state index in [1.807, 2.05) is 47.4 Å². The zero-order chi connectivity index (χ0) is 30.3. The van der Waals surface area contributed by atoms with Gasteiger partial charge in [0.25, 0.3) is 0 Å². The molecular weight excluding hydrogens is 534 g/mol. The van der Waals surface area contributed by atoms with Gasteiger partial charge in [0.15, 0.2) is 11.5 Å². The van der Waals surface area contributed by atoms with Crippen LogP contribution in [-0.2, 0) is 16.0 Å². The standard InChI is InChI=1S/C33H47N3O6/c1-6-7-16-34(17-10-11-18-36(2,3)4)31(37)22-35-21-26(24-14-15-29-30(20-24)42-23-41-29)32(33(38)39)27(35)19-25-12-8-9-13-28(25)40-5/h8-9,12-15,20,26-27,32H,6-7,10-11,16-19,21-23H2,1-5H3/p+1/t26-,27+,32-/m1/s1. The molecule has 2 aromatic carbocycles. The van der Waals surface area contributed by atoms with Crippen molar-refractivity contribution >= 4 is 11.9 Å². The number of carbonyl (C=O) groups excluding carboxylic acids is 1. The van der Waals surface area contributed by atoms with Crippen LogP contribution >= 0.6 is 0 Å². The van der Waals surface area contributed by atoms with Crippen molar-refractivity contribution in [3.8, 4) is 17.2 Å². The van der Waals surface area contributed by atoms with E-state index >= 15 is 0 Å². The molecule has 1 N–H and O–H groups in total. The van der Waals surface area contributed by atoms with Crippen molar-refractivity contribution < 1.29 is 33.4 Å². The number of likely N-dealkylation sites (tertiary alicyclic amines) is 1. The predicted octanol–water partition coefficient (Wildman–Crippen LogP) is 4.25. The molecule has 1 fully saturated rings. The maximum Gasteiger partial charge on any atom is 0.308 e. The molecule has 230 valence electrons. The largest absolute Gasteiger partial charge is 0.496 e. The number of hydrogen-bond acceptors (Lipinski definition) is 6. The molecule has 2 aromatic rings. The number of aliphatic carboxylic acids is 1. The van der Waals surface area contributed by atoms with E-state index in [2.05, 4.69) is 33.0 Å². The van der Waals surface area contributed by atoms with E-state index in [0.29, 0.717) is 24.5 Å². The highest BCUT2D eigenvalue weighted by molar-refractivity contribution is 5.79. The highest BCUT2D eigenvalue weighted by Crippen LogP contribution is 2.43. The van der Waals surface area contributed by atoms with Gasteiger partial charge in [-0.15, -0.1) is 0 Å². The lowest BCUT2D eigenvalue weighted by Gasteiger charge is -2.30. The zero-order valence-electron chi connectivity index (χ0n) is 25.9. The monoisotopic (exact) mass is 582 g/mol. The first-order valence-corrected chi connectivity index (χ1v) is 15.2. The van der Waals surface area contributed by atoms with E-state index in [9.17, 15) is 14.7 Å². The van der Waals surface area contributed by atoms with Gasteiger partial charge < -0.3 is 28.7 Å². The summed E-state index contributed by atoms with van der Waals surface area (Å²) in [7, 11) is 8.18. The van der Waals surface area contributed by atoms with Crippen molar-refractivity contribution in [2.24, 2.45) is 5.92 Å². The maximum absolute atomic E-state index is 13.9. The number of unbranched alkanes of at least 4 members (excludes halogenated alkanes) is 2. The van der Waals surface area contributed by atoms with E-state index in [1.165, 1.54) is 0 Å². The summed E-state index contributed by atoms with van der Waals surface area (Å²) in [6.07, 6.45) is 4.42. The average Bonchev–Trinajstić information content (AvgIpc) is 3.56. The Kier molecular flexibility index (Phi) is 10.7. The van der Waals surface area contributed by atoms with E-state index in [0.717, 1.165) is 66.7 Å². The van der Waals surface area contributed by atoms with Gasteiger partial charge in [-0.05, 0) is 55.0 Å². The number of rotatable bonds is 15. The Labute approximate surface area is 250 Å². The minimum atomic E-state index is -0.865. The number of para-hydroxylation sites is 1. The van der Waals surface area contributed by atoms with Crippen molar-refractivity contribution in [3.05, 3.63) is 53.6 Å². The van der Waals surface area contributed by atoms with Gasteiger partial charge in [0.1, 0.15) is 5.75 Å². The average molecular weight is 583 g/mol. The van der Waals surface area contributed by atoms with Crippen molar-refractivity contribution in [3.63, 3.8) is 0 Å². The van der Waals surface area contributed by atoms with Gasteiger partial charge in [-0.2, -0.15) is 0 Å². The highest BCUT2D eigenvalue weighted by Gasteiger charge is 2.47. The molecule has 2 aliphatic heterocycles. The number of amides is 1. The minimum absolute atomic E-state index is 0.0641. The predicted molar refractivity (Wildman–Crippen MR) is 162 cm³/mol. The molecule has 1 amide bonds. The van der Waals surface area contributed by atoms with Crippen molar-refractivity contribution in [2.45, 2.75) is 51.0 Å². The van der Waals surface area contributed by atoms with Crippen LogP contribution in [0, 0.1) is 5.92 Å². The van der Waals surface area contributed by atoms with Gasteiger partial charge in [0, 0.05) is 31.6 Å². The summed E-state index contributed by atoms with van der Waals surface area (Å²) in [6, 6.07) is 13.0. The third-order valence-corrected chi connectivity index (χ3v) is 8.46. The lowest BCUT2D eigenvalue weighted by atomic mass is 9.83. The second-order valence-electron chi connectivity index (χ2n) is 12.6. The number of carboxylic acid groups (broad SMARTS) is 1. The van der Waals surface area contributed by atoms with E-state index in [1.54, 1.807) is 7.11 Å². The molecule has 9 nitrogen and oxygen atoms in total. The van der Waals surface area contributed by atoms with Gasteiger partial charge in [-0.25, -0.2) is 0 Å². The van der Waals surface area contributed by atoms with Crippen LogP contribution in [0.15, 0.2) is 42.5 Å². The fourth-order valence-corrected chi connectivity index (χ4v) is 6.20. The summed E-state index contributed by atoms with van der Waals surface area (Å²) in [5.74, 6) is 0.200. The summed E-state index contributed by atoms with van der Waals surface area (Å²) in [5, 5.41) is 10.6. The number of carbonyl (C=O) groups is 2. The van der Waals surface area contributed by atoms with Crippen molar-refractivity contribution in [1.82, 2.24) is 9.80 Å². The molecule has 0 spiro atoms. The number of fused-ring (bicyclic) bond motifs is 1. The van der Waals surface area contributed by atoms with Crippen LogP contribution in [-0.4, -0.2) is 105 Å². The Balaban J connectivity index is 1.60. The molecule has 0 aromatic heterocycles. The van der Waals surface area contributed by atoms with Crippen LogP contribution < -0.4 is 14.2 Å². The molecule has 0 aliphatic carbocycles. The molecule has 1 saturated heterocycles. The lowest BCUT2D eigenvalue weighted by Crippen LogP contribution is -2.45. The molecule has 0 bridgehead atoms. The Morgan fingerprint density at radius 2 is 1.79 bits per heavy atom. The second kappa shape index (κ2) is 14.2. The van der Waals surface area contributed by atoms with Crippen LogP contribution in [0.3, 0.4) is 0 Å². The summed E-state index contributed by atoms with van der Waals surface area (Å²) in [4.78, 5) is 30.9. The SMILES string of the molecule is CCCCN(CCCC[N+](C)(C)C)C(=O)CN1C[C@H](c2ccc3c(c2)OCO3)[C@@H](C(=O)O)[C@@H]1Cc1ccccc1OC. The molecule has 2 heterocycles. The number of methoxy groups -OCH3 is 1. The van der Waals surface area contributed by atoms with Gasteiger partial charge in [0.2, 0.25) is 12.7 Å². The Morgan fingerprint density at radius 1 is 1.05 bits per heavy atom. The molecule has 4 rings (SSSR count). The Hall–Kier alpha value is -3.30. The zero-order valence-corrected chi connectivity index (χ0v) is 25.9. The van der Waals surface area contributed by atoms with Crippen LogP contribution in [0.5, 0.6) is 17.2 Å². The third kappa shape index (κ3) is 7.95. The van der Waals surface area contributed by atoms with E-state index in [-0.39, 0.29) is 31.2 Å². The molecule has 9 heteroatoms. The normalized spacial score (nSPS) is 20.1. The number of ether oxygens (including phenoxy) is 3. The number of carboxylic acids is 1. The first-order valence-electron chi connectivity index (χ1n) is 15.2. The number of benzene rings is 2. The number of nitrogens with zero attached hydrogens (tertiary/aromatic N) is 3. The highest BCUT2D eigenvalue weighted by atomic mass is 16.7. The smallest absolute Gasteiger partial charge is 0.308 e. The molecular formula is C33H48N3O6+. The first kappa shape index (κ1) is 31.6. The maximum atomic E-state index is 13.9. The molecule has 3 atom stereocenters. The first-order chi connectivity index (χ1) is 20.1. The Bertz CT molecular complexity index is 1210. The molecule has 0 radical (unpaired) electrons. The fourth-order valence-electron chi connectivity index (χ4n) is 6.20. The third-order valence-electron chi connectivity index (χ3n) is 8.46. The summed E-state index contributed by atoms with van der Waals surface area (Å²) >= 11 is 0. The van der Waals surface area contributed by atoms with Gasteiger partial charge in [-0.3, -0.25) is 14.5 Å². The lowest BCUT2D eigenvalue weighted by molar-refractivity contribution is -0.870. The van der Waals surface area contributed by atoms with Gasteiger partial charge in [-0.1, -0.05) is 37.6 Å². The molecule has 2 aliphatic rings. The van der Waals surface area contributed by atoms with Crippen LogP contribution in [0.25, 0.3) is 0 Å². The van der Waals surface area contributed by atoms with Crippen molar-refractivity contribution in [1.29, 1.82) is 0 Å². The van der Waals surface area contributed by atoms with Crippen molar-refractivity contribution in [2.75, 3.05) is 67.8 Å². The Morgan fingerprint density at radius 3 is 2.50 bits per heavy atom. The van der Waals surface area contributed by atoms with E-state index < -0.39 is 11.9 Å². The summed E-state index contributed by atoms with van der Waals surface area (Å²) in [5.41, 5.74) is 1.82. The number of quaternary nitrogens is 1. The van der Waals surface area contributed by atoms with Crippen LogP contribution in [0.4, 0.5) is 0 Å². The van der Waals surface area contributed by atoms with Crippen LogP contribution in [0.2, 0.25) is 0 Å². The van der Waals surface area contributed by atoms with Gasteiger partial charge in [0.05, 0.1) is 47.3 Å².